The number of nitrogens with zero attached hydrogens (tertiary/aromatic N) is 2. The van der Waals surface area contributed by atoms with E-state index in [1.165, 1.54) is 99.3 Å². The molecule has 0 saturated heterocycles. The van der Waals surface area contributed by atoms with Crippen LogP contribution in [0.25, 0.3) is 6.08 Å². The van der Waals surface area contributed by atoms with Crippen LogP contribution in [-0.2, 0) is 0 Å². The van der Waals surface area contributed by atoms with Crippen LogP contribution in [0, 0.1) is 6.92 Å². The summed E-state index contributed by atoms with van der Waals surface area (Å²) in [5.74, 6) is 0.584. The fraction of sp³-hybridized carbons (Fsp3) is 0.171. The summed E-state index contributed by atoms with van der Waals surface area (Å²) >= 11 is 0. The van der Waals surface area contributed by atoms with Crippen molar-refractivity contribution in [2.75, 3.05) is 9.80 Å². The lowest BCUT2D eigenvalue weighted by Crippen LogP contribution is -2.61. The van der Waals surface area contributed by atoms with Gasteiger partial charge in [0.1, 0.15) is 0 Å². The number of anilines is 6. The second kappa shape index (κ2) is 11.1. The maximum Gasteiger partial charge on any atom is 0.252 e. The van der Waals surface area contributed by atoms with Crippen LogP contribution in [0.2, 0.25) is 0 Å². The Bertz CT molecular complexity index is 1890. The van der Waals surface area contributed by atoms with Gasteiger partial charge in [0.2, 0.25) is 0 Å². The van der Waals surface area contributed by atoms with Crippen molar-refractivity contribution in [1.29, 1.82) is 0 Å². The number of para-hydroxylation sites is 3. The fourth-order valence-corrected chi connectivity index (χ4v) is 7.96. The number of rotatable bonds is 5. The van der Waals surface area contributed by atoms with Gasteiger partial charge in [-0.25, -0.2) is 0 Å². The molecule has 5 aromatic carbocycles. The van der Waals surface area contributed by atoms with Crippen LogP contribution in [-0.4, -0.2) is 6.71 Å². The number of allylic oxidation sites excluding steroid dienone is 2. The van der Waals surface area contributed by atoms with Crippen molar-refractivity contribution in [2.45, 2.75) is 44.9 Å². The second-order valence-electron chi connectivity index (χ2n) is 12.5. The summed E-state index contributed by atoms with van der Waals surface area (Å²) in [5, 5.41) is 0. The predicted octanol–water partition coefficient (Wildman–Crippen LogP) is 9.32. The highest BCUT2D eigenvalue weighted by Gasteiger charge is 2.44. The third-order valence-corrected chi connectivity index (χ3v) is 9.97. The Morgan fingerprint density at radius 3 is 2.02 bits per heavy atom. The van der Waals surface area contributed by atoms with Gasteiger partial charge in [0.25, 0.3) is 6.71 Å². The molecule has 5 aromatic rings. The Hall–Kier alpha value is -4.76. The van der Waals surface area contributed by atoms with E-state index in [1.807, 2.05) is 12.2 Å². The zero-order valence-electron chi connectivity index (χ0n) is 25.4. The van der Waals surface area contributed by atoms with Crippen LogP contribution < -0.4 is 26.2 Å². The molecule has 2 nitrogen and oxygen atoms in total. The SMILES string of the molecule is C=C/C=C\c1ccc2c(c1C)N(c1ccccc1)c1cc(C3CCCCC3)cc3c1B2c1ccccc1N3c1ccccc1. The van der Waals surface area contributed by atoms with Gasteiger partial charge in [-0.2, -0.15) is 0 Å². The summed E-state index contributed by atoms with van der Waals surface area (Å²) in [5.41, 5.74) is 15.7. The maximum atomic E-state index is 3.94. The maximum absolute atomic E-state index is 3.94. The van der Waals surface area contributed by atoms with Crippen LogP contribution in [0.15, 0.2) is 128 Å². The molecule has 2 heterocycles. The van der Waals surface area contributed by atoms with Gasteiger partial charge in [0.05, 0.1) is 0 Å². The van der Waals surface area contributed by atoms with Crippen molar-refractivity contribution in [3.63, 3.8) is 0 Å². The Morgan fingerprint density at radius 2 is 1.32 bits per heavy atom. The highest BCUT2D eigenvalue weighted by Crippen LogP contribution is 2.47. The Labute approximate surface area is 262 Å². The number of benzene rings is 5. The molecule has 1 aliphatic carbocycles. The molecule has 1 fully saturated rings. The van der Waals surface area contributed by atoms with Crippen LogP contribution in [0.1, 0.15) is 54.7 Å². The Kier molecular flexibility index (Phi) is 6.75. The average molecular weight is 569 g/mol. The van der Waals surface area contributed by atoms with Crippen LogP contribution in [0.3, 0.4) is 0 Å². The van der Waals surface area contributed by atoms with E-state index in [1.54, 1.807) is 0 Å². The van der Waals surface area contributed by atoms with Gasteiger partial charge in [-0.3, -0.25) is 0 Å². The van der Waals surface area contributed by atoms with Crippen LogP contribution in [0.5, 0.6) is 0 Å². The molecular formula is C41H37BN2. The van der Waals surface area contributed by atoms with E-state index < -0.39 is 0 Å². The van der Waals surface area contributed by atoms with E-state index in [2.05, 4.69) is 139 Å². The van der Waals surface area contributed by atoms with Gasteiger partial charge in [-0.05, 0) is 101 Å². The molecule has 3 aliphatic rings. The Balaban J connectivity index is 1.49. The van der Waals surface area contributed by atoms with Crippen molar-refractivity contribution in [3.8, 4) is 0 Å². The molecule has 214 valence electrons. The molecule has 0 amide bonds. The number of hydrogen-bond acceptors (Lipinski definition) is 2. The van der Waals surface area contributed by atoms with Crippen LogP contribution >= 0.6 is 0 Å². The second-order valence-corrected chi connectivity index (χ2v) is 12.5. The minimum absolute atomic E-state index is 0.141. The van der Waals surface area contributed by atoms with Crippen LogP contribution in [0.4, 0.5) is 34.1 Å². The summed E-state index contributed by atoms with van der Waals surface area (Å²) in [6, 6.07) is 40.8. The van der Waals surface area contributed by atoms with E-state index >= 15 is 0 Å². The molecule has 0 spiro atoms. The zero-order valence-corrected chi connectivity index (χ0v) is 25.4. The first kappa shape index (κ1) is 26.8. The van der Waals surface area contributed by atoms with E-state index in [0.717, 1.165) is 0 Å². The fourth-order valence-electron chi connectivity index (χ4n) is 7.96. The van der Waals surface area contributed by atoms with Crippen molar-refractivity contribution in [1.82, 2.24) is 0 Å². The van der Waals surface area contributed by atoms with Gasteiger partial charge in [0.15, 0.2) is 0 Å². The molecule has 3 heteroatoms. The lowest BCUT2D eigenvalue weighted by Gasteiger charge is -2.45. The Morgan fingerprint density at radius 1 is 0.682 bits per heavy atom. The normalized spacial score (nSPS) is 15.6. The largest absolute Gasteiger partial charge is 0.311 e. The van der Waals surface area contributed by atoms with Crippen molar-refractivity contribution in [2.24, 2.45) is 0 Å². The first-order valence-corrected chi connectivity index (χ1v) is 16.1. The summed E-state index contributed by atoms with van der Waals surface area (Å²) in [6.07, 6.45) is 12.6. The minimum atomic E-state index is 0.141. The smallest absolute Gasteiger partial charge is 0.252 e. The summed E-state index contributed by atoms with van der Waals surface area (Å²) in [4.78, 5) is 5.09. The molecule has 0 radical (unpaired) electrons. The lowest BCUT2D eigenvalue weighted by molar-refractivity contribution is 0.444. The van der Waals surface area contributed by atoms with Gasteiger partial charge >= 0.3 is 0 Å². The van der Waals surface area contributed by atoms with Crippen molar-refractivity contribution >= 4 is 63.3 Å². The topological polar surface area (TPSA) is 6.48 Å². The summed E-state index contributed by atoms with van der Waals surface area (Å²) in [6.45, 7) is 6.37. The molecule has 0 unspecified atom stereocenters. The average Bonchev–Trinajstić information content (AvgIpc) is 3.09. The number of hydrogen-bond donors (Lipinski definition) is 0. The molecule has 0 atom stereocenters. The molecule has 0 N–H and O–H groups in total. The van der Waals surface area contributed by atoms with Crippen molar-refractivity contribution in [3.05, 3.63) is 145 Å². The lowest BCUT2D eigenvalue weighted by atomic mass is 9.33. The van der Waals surface area contributed by atoms with Gasteiger partial charge in [0, 0.05) is 34.1 Å². The molecule has 2 aliphatic heterocycles. The summed E-state index contributed by atoms with van der Waals surface area (Å²) in [7, 11) is 0. The van der Waals surface area contributed by atoms with Gasteiger partial charge in [-0.1, -0.05) is 111 Å². The monoisotopic (exact) mass is 568 g/mol. The molecule has 8 rings (SSSR count). The standard InChI is InChI=1S/C41H37BN2/c1-3-4-16-30-25-26-36-41(29(30)2)44(34-21-12-7-13-22-34)39-28-32(31-17-8-5-9-18-31)27-38-40(39)42(36)35-23-14-15-24-37(35)43(38)33-19-10-6-11-20-33/h3-4,6-7,10-16,19-28,31H,1,5,8-9,17-18H2,2H3/b16-4-. The third-order valence-electron chi connectivity index (χ3n) is 9.97. The third kappa shape index (κ3) is 4.25. The van der Waals surface area contributed by atoms with E-state index in [4.69, 9.17) is 0 Å². The van der Waals surface area contributed by atoms with E-state index in [9.17, 15) is 0 Å². The molecule has 1 saturated carbocycles. The summed E-state index contributed by atoms with van der Waals surface area (Å²) < 4.78 is 0. The first-order valence-electron chi connectivity index (χ1n) is 16.1. The van der Waals surface area contributed by atoms with Crippen molar-refractivity contribution < 1.29 is 0 Å². The highest BCUT2D eigenvalue weighted by molar-refractivity contribution is 7.00. The zero-order chi connectivity index (χ0) is 29.6. The number of fused-ring (bicyclic) bond motifs is 4. The van der Waals surface area contributed by atoms with Gasteiger partial charge < -0.3 is 9.80 Å². The molecule has 0 bridgehead atoms. The predicted molar refractivity (Wildman–Crippen MR) is 190 cm³/mol. The quantitative estimate of drug-likeness (QED) is 0.151. The molecular weight excluding hydrogens is 531 g/mol. The van der Waals surface area contributed by atoms with E-state index in [0.29, 0.717) is 5.92 Å². The van der Waals surface area contributed by atoms with Gasteiger partial charge in [-0.15, -0.1) is 0 Å². The highest BCUT2D eigenvalue weighted by atomic mass is 15.2. The molecule has 44 heavy (non-hydrogen) atoms. The first-order chi connectivity index (χ1) is 21.7. The minimum Gasteiger partial charge on any atom is -0.311 e. The molecule has 0 aromatic heterocycles. The van der Waals surface area contributed by atoms with E-state index in [-0.39, 0.29) is 6.71 Å².